The average Bonchev–Trinajstić information content (AvgIpc) is 0.839. The maximum atomic E-state index is 12.7. The molecular weight excluding hydrogens is 1780 g/mol. The van der Waals surface area contributed by atoms with Crippen LogP contribution in [0.5, 0.6) is 17.2 Å². The van der Waals surface area contributed by atoms with E-state index in [0.717, 1.165) is 120 Å². The van der Waals surface area contributed by atoms with Gasteiger partial charge in [0.15, 0.2) is 0 Å². The molecule has 0 bridgehead atoms. The summed E-state index contributed by atoms with van der Waals surface area (Å²) in [5.41, 5.74) is 5.69. The molecular formula is C79H112F9ILiN19O16. The molecule has 3 aliphatic carbocycles. The Labute approximate surface area is 744 Å². The van der Waals surface area contributed by atoms with Crippen molar-refractivity contribution in [2.24, 2.45) is 23.5 Å². The molecule has 12 N–H and O–H groups in total. The van der Waals surface area contributed by atoms with Crippen molar-refractivity contribution in [3.05, 3.63) is 138 Å². The van der Waals surface area contributed by atoms with Crippen LogP contribution in [0.25, 0.3) is 0 Å². The molecule has 0 unspecified atom stereocenters. The molecule has 35 nitrogen and oxygen atoms in total. The second-order valence-corrected chi connectivity index (χ2v) is 30.5. The van der Waals surface area contributed by atoms with Crippen molar-refractivity contribution in [3.8, 4) is 17.2 Å². The number of halogens is 10. The normalized spacial score (nSPS) is 16.7. The van der Waals surface area contributed by atoms with E-state index in [9.17, 15) is 84.2 Å². The van der Waals surface area contributed by atoms with E-state index in [1.54, 1.807) is 18.2 Å². The van der Waals surface area contributed by atoms with Crippen molar-refractivity contribution in [3.63, 3.8) is 0 Å². The molecule has 690 valence electrons. The number of nitrogens with zero attached hydrogens (tertiary/aromatic N) is 10. The molecule has 3 heterocycles. The molecule has 46 heteroatoms. The molecule has 0 spiro atoms. The van der Waals surface area contributed by atoms with Crippen LogP contribution in [0.4, 0.5) is 91.9 Å². The van der Waals surface area contributed by atoms with E-state index in [2.05, 4.69) is 158 Å². The van der Waals surface area contributed by atoms with Crippen LogP contribution in [0.15, 0.2) is 91.4 Å². The number of para-hydroxylation sites is 3. The smallest absolute Gasteiger partial charge is 0.870 e. The monoisotopic (exact) mass is 1890 g/mol. The fraction of sp³-hybridized carbons (Fsp3) is 0.582. The van der Waals surface area contributed by atoms with Gasteiger partial charge in [-0.25, -0.2) is 15.0 Å². The van der Waals surface area contributed by atoms with Gasteiger partial charge in [-0.15, -0.1) is 39.5 Å². The minimum atomic E-state index is -4.84. The molecule has 6 aromatic rings. The summed E-state index contributed by atoms with van der Waals surface area (Å²) in [5, 5.41) is 67.2. The number of carbonyl (C=O) groups excluding carboxylic acids is 2. The first kappa shape index (κ1) is 109. The van der Waals surface area contributed by atoms with Crippen molar-refractivity contribution in [2.45, 2.75) is 219 Å². The molecule has 3 aromatic heterocycles. The summed E-state index contributed by atoms with van der Waals surface area (Å²) in [7, 11) is 2.78. The predicted octanol–water partition coefficient (Wildman–Crippen LogP) is 12.9. The first-order valence-electron chi connectivity index (χ1n) is 40.2. The second kappa shape index (κ2) is 57.0. The Kier molecular flexibility index (Phi) is 49.9. The summed E-state index contributed by atoms with van der Waals surface area (Å²) in [4.78, 5) is 91.3. The van der Waals surface area contributed by atoms with Gasteiger partial charge in [0.05, 0.1) is 29.0 Å². The van der Waals surface area contributed by atoms with Gasteiger partial charge in [0, 0.05) is 110 Å². The van der Waals surface area contributed by atoms with Crippen LogP contribution >= 0.6 is 22.6 Å². The molecule has 3 saturated carbocycles. The van der Waals surface area contributed by atoms with Gasteiger partial charge in [0.2, 0.25) is 35.3 Å². The van der Waals surface area contributed by atoms with Crippen molar-refractivity contribution >= 4 is 92.9 Å². The van der Waals surface area contributed by atoms with Crippen molar-refractivity contribution < 1.29 is 122 Å². The van der Waals surface area contributed by atoms with Crippen LogP contribution in [0.2, 0.25) is 0 Å². The van der Waals surface area contributed by atoms with Crippen LogP contribution < -0.4 is 81.3 Å². The number of nitrogens with one attached hydrogen (secondary N) is 8. The van der Waals surface area contributed by atoms with E-state index in [1.807, 2.05) is 0 Å². The van der Waals surface area contributed by atoms with Crippen LogP contribution in [0.1, 0.15) is 167 Å². The van der Waals surface area contributed by atoms with Gasteiger partial charge in [0.25, 0.3) is 0 Å². The number of carboxylic acid groups (broad SMARTS) is 1. The number of hydrogen-bond acceptors (Lipinski definition) is 31. The number of carboxylic acids is 1. The zero-order chi connectivity index (χ0) is 90.7. The number of ether oxygens (including phenoxy) is 5. The van der Waals surface area contributed by atoms with Crippen LogP contribution in [-0.2, 0) is 43.5 Å². The number of esters is 2. The number of nitro groups is 3. The van der Waals surface area contributed by atoms with E-state index in [1.165, 1.54) is 68.8 Å². The summed E-state index contributed by atoms with van der Waals surface area (Å²) in [6.45, 7) is 14.9. The number of anilines is 6. The number of hydrogen-bond donors (Lipinski definition) is 10. The van der Waals surface area contributed by atoms with Gasteiger partial charge in [0.1, 0.15) is 35.8 Å². The number of benzene rings is 3. The maximum absolute atomic E-state index is 12.7. The summed E-state index contributed by atoms with van der Waals surface area (Å²) in [6, 6.07) is 19.2. The molecule has 0 radical (unpaired) electrons. The van der Waals surface area contributed by atoms with Crippen LogP contribution in [-0.4, -0.2) is 185 Å². The quantitative estimate of drug-likeness (QED) is 0.00250. The summed E-state index contributed by atoms with van der Waals surface area (Å²) >= 11 is 2.23. The molecule has 3 fully saturated rings. The van der Waals surface area contributed by atoms with E-state index in [-0.39, 0.29) is 161 Å². The third-order valence-corrected chi connectivity index (χ3v) is 20.5. The van der Waals surface area contributed by atoms with Gasteiger partial charge >= 0.3 is 72.9 Å². The SMILES string of the molecule is CCN(C(C)C)C(C)C.COC(=O)CCCI.COC(=O)CCCNC1CCC(CNc2nc(NCc3ccccc3OC(F)(F)F)ncc2[N+](=O)[O-])CC1.NC1CCC(CNc2nc(NCc3ccccc3OC(F)(F)F)ncc2[N+](=O)[O-])CC1.O=C(O)CCCNC1CCC(CNc2nc(NCc3ccccc3OC(F)(F)F)ncc2[N+](=O)[O-])CC1.[Li+].[OH-]. The number of carbonyl (C=O) groups is 3. The van der Waals surface area contributed by atoms with Crippen LogP contribution in [0, 0.1) is 48.1 Å². The van der Waals surface area contributed by atoms with Gasteiger partial charge in [-0.05, 0) is 180 Å². The Hall–Kier alpha value is -9.79. The largest absolute Gasteiger partial charge is 1.00 e. The number of methoxy groups -OCH3 is 2. The zero-order valence-corrected chi connectivity index (χ0v) is 73.2. The van der Waals surface area contributed by atoms with Gasteiger partial charge in [-0.3, -0.25) is 49.6 Å². The average molecular weight is 1890 g/mol. The van der Waals surface area contributed by atoms with Crippen LogP contribution in [0.3, 0.4) is 0 Å². The third-order valence-electron chi connectivity index (χ3n) is 19.7. The van der Waals surface area contributed by atoms with E-state index >= 15 is 0 Å². The van der Waals surface area contributed by atoms with Crippen molar-refractivity contribution in [2.75, 3.05) is 89.8 Å². The molecule has 0 aliphatic heterocycles. The fourth-order valence-electron chi connectivity index (χ4n) is 13.4. The molecule has 0 saturated heterocycles. The second-order valence-electron chi connectivity index (χ2n) is 29.4. The fourth-order valence-corrected chi connectivity index (χ4v) is 13.8. The molecule has 3 aliphatic rings. The minimum absolute atomic E-state index is 0. The Morgan fingerprint density at radius 1 is 0.504 bits per heavy atom. The Morgan fingerprint density at radius 2 is 0.800 bits per heavy atom. The first-order chi connectivity index (χ1) is 58.4. The Morgan fingerprint density at radius 3 is 1.06 bits per heavy atom. The summed E-state index contributed by atoms with van der Waals surface area (Å²) < 4.78 is 136. The molecule has 9 rings (SSSR count). The van der Waals surface area contributed by atoms with Crippen molar-refractivity contribution in [1.82, 2.24) is 45.4 Å². The Bertz CT molecular complexity index is 4210. The van der Waals surface area contributed by atoms with E-state index < -0.39 is 39.8 Å². The maximum Gasteiger partial charge on any atom is 1.00 e. The molecule has 0 atom stereocenters. The minimum Gasteiger partial charge on any atom is -0.870 e. The molecule has 3 aromatic carbocycles. The van der Waals surface area contributed by atoms with Gasteiger partial charge < -0.3 is 82.5 Å². The summed E-state index contributed by atoms with van der Waals surface area (Å²) in [5.74, 6) is -1.12. The molecule has 0 amide bonds. The summed E-state index contributed by atoms with van der Waals surface area (Å²) in [6.07, 6.45) is 2.96. The number of aliphatic carboxylic acids is 1. The van der Waals surface area contributed by atoms with Crippen molar-refractivity contribution in [1.29, 1.82) is 0 Å². The van der Waals surface area contributed by atoms with E-state index in [4.69, 9.17) is 10.8 Å². The number of aromatic nitrogens is 6. The third kappa shape index (κ3) is 43.8. The van der Waals surface area contributed by atoms with Gasteiger partial charge in [-0.1, -0.05) is 84.1 Å². The topological polar surface area (TPSA) is 480 Å². The first-order valence-corrected chi connectivity index (χ1v) is 41.8. The zero-order valence-electron chi connectivity index (χ0n) is 71.0. The number of rotatable bonds is 40. The van der Waals surface area contributed by atoms with Gasteiger partial charge in [-0.2, -0.15) is 15.0 Å². The molecule has 125 heavy (non-hydrogen) atoms. The number of nitrogens with two attached hydrogens (primary N) is 1. The predicted molar refractivity (Wildman–Crippen MR) is 453 cm³/mol. The number of alkyl halides is 10. The van der Waals surface area contributed by atoms with E-state index in [0.29, 0.717) is 87.9 Å². The standard InChI is InChI=1S/C24H31F3N6O5.C23H29F3N6O5.C19H23F3N6O3.C8H19N.C5H9IO2.Li.H2O/c1-37-21(34)7-4-12-28-18-10-8-16(9-11-18)13-29-22-19(33(35)36)15-31-23(32-22)30-14-17-5-2-3-6-20(17)38-24(25,26)27;24-23(25,26)37-19-5-2-1-4-16(19)13-29-22-30-14-18(32(35)36)21(31-22)28-12-15-7-9-17(10-8-15)27-11-3-6-20(33)34;20-19(21,22)31-16-4-2-1-3-13(16)10-25-18-26-11-15(28(29)30)17(27-18)24-9-12-5-7-14(23)8-6-12;1-6-9(7(2)3)8(4)5;1-8-5(7)3-2-4-6;;/h2-3,5-6,15-16,18,28H,4,7-14H2,1H3,(H2,29,30,31,32);1-2,4-5,14-15,17,27H,3,6-13H2,(H,33,34)(H2,28,29,30,31);1-4,11-12,14H,5-10,23H2,(H2,24,25,26,27);7-8H,6H2,1-5H3;2-4H2,1H3;;1H2/q;;;;;+1;/p-1. The Balaban J connectivity index is 0.000000439.